The lowest BCUT2D eigenvalue weighted by molar-refractivity contribution is 0.0945. The molecule has 0 fully saturated rings. The Morgan fingerprint density at radius 2 is 1.72 bits per heavy atom. The molecular formula is C21H22N4O4. The first-order chi connectivity index (χ1) is 14.1. The molecule has 0 aliphatic heterocycles. The van der Waals surface area contributed by atoms with Gasteiger partial charge in [-0.05, 0) is 18.2 Å². The van der Waals surface area contributed by atoms with Crippen LogP contribution in [0.2, 0.25) is 0 Å². The van der Waals surface area contributed by atoms with Crippen molar-refractivity contribution in [2.24, 2.45) is 0 Å². The Morgan fingerprint density at radius 3 is 2.48 bits per heavy atom. The van der Waals surface area contributed by atoms with E-state index in [1.54, 1.807) is 45.6 Å². The molecule has 1 heterocycles. The lowest BCUT2D eigenvalue weighted by Gasteiger charge is -2.12. The summed E-state index contributed by atoms with van der Waals surface area (Å²) in [5.74, 6) is 2.12. The Labute approximate surface area is 168 Å². The van der Waals surface area contributed by atoms with E-state index >= 15 is 0 Å². The van der Waals surface area contributed by atoms with Crippen LogP contribution in [-0.2, 0) is 6.54 Å². The van der Waals surface area contributed by atoms with Crippen LogP contribution >= 0.6 is 0 Å². The van der Waals surface area contributed by atoms with Gasteiger partial charge in [-0.3, -0.25) is 4.79 Å². The van der Waals surface area contributed by atoms with E-state index in [1.807, 2.05) is 24.3 Å². The predicted octanol–water partition coefficient (Wildman–Crippen LogP) is 3.18. The van der Waals surface area contributed by atoms with E-state index in [0.29, 0.717) is 35.3 Å². The molecule has 8 nitrogen and oxygen atoms in total. The topological polar surface area (TPSA) is 94.6 Å². The van der Waals surface area contributed by atoms with E-state index in [-0.39, 0.29) is 11.6 Å². The summed E-state index contributed by atoms with van der Waals surface area (Å²) >= 11 is 0. The van der Waals surface area contributed by atoms with Gasteiger partial charge in [0.25, 0.3) is 5.91 Å². The van der Waals surface area contributed by atoms with Gasteiger partial charge < -0.3 is 24.8 Å². The van der Waals surface area contributed by atoms with Gasteiger partial charge in [0.2, 0.25) is 0 Å². The fourth-order valence-corrected chi connectivity index (χ4v) is 2.70. The van der Waals surface area contributed by atoms with Crippen molar-refractivity contribution in [3.8, 4) is 17.2 Å². The van der Waals surface area contributed by atoms with Gasteiger partial charge in [0.05, 0.1) is 27.0 Å². The number of hydrogen-bond acceptors (Lipinski definition) is 7. The number of anilines is 2. The van der Waals surface area contributed by atoms with Crippen LogP contribution in [0.5, 0.6) is 17.2 Å². The lowest BCUT2D eigenvalue weighted by atomic mass is 10.2. The van der Waals surface area contributed by atoms with E-state index in [9.17, 15) is 4.79 Å². The number of carbonyl (C=O) groups excluding carboxylic acids is 1. The summed E-state index contributed by atoms with van der Waals surface area (Å²) in [7, 11) is 4.75. The first kappa shape index (κ1) is 19.9. The lowest BCUT2D eigenvalue weighted by Crippen LogP contribution is -2.24. The third-order valence-corrected chi connectivity index (χ3v) is 4.20. The summed E-state index contributed by atoms with van der Waals surface area (Å²) in [5, 5.41) is 5.97. The van der Waals surface area contributed by atoms with E-state index in [4.69, 9.17) is 14.2 Å². The zero-order valence-electron chi connectivity index (χ0n) is 16.4. The number of benzene rings is 2. The highest BCUT2D eigenvalue weighted by Gasteiger charge is 2.12. The maximum absolute atomic E-state index is 12.5. The van der Waals surface area contributed by atoms with Gasteiger partial charge in [-0.15, -0.1) is 0 Å². The molecule has 0 saturated carbocycles. The van der Waals surface area contributed by atoms with Crippen LogP contribution in [0.25, 0.3) is 0 Å². The quantitative estimate of drug-likeness (QED) is 0.606. The molecule has 0 aliphatic rings. The van der Waals surface area contributed by atoms with Gasteiger partial charge in [-0.2, -0.15) is 0 Å². The second kappa shape index (κ2) is 9.41. The zero-order valence-corrected chi connectivity index (χ0v) is 16.4. The molecule has 8 heteroatoms. The highest BCUT2D eigenvalue weighted by atomic mass is 16.5. The zero-order chi connectivity index (χ0) is 20.6. The van der Waals surface area contributed by atoms with Crippen LogP contribution in [0, 0.1) is 0 Å². The van der Waals surface area contributed by atoms with Crippen molar-refractivity contribution in [2.45, 2.75) is 6.54 Å². The molecule has 0 bridgehead atoms. The van der Waals surface area contributed by atoms with Crippen LogP contribution in [0.1, 0.15) is 16.1 Å². The molecule has 150 valence electrons. The summed E-state index contributed by atoms with van der Waals surface area (Å²) in [6.45, 7) is 0.321. The molecule has 3 aromatic rings. The SMILES string of the molecule is COc1ccc(Nc2cc(C(=O)NCc3ccccc3OC)ncn2)c(OC)c1. The molecule has 3 rings (SSSR count). The van der Waals surface area contributed by atoms with E-state index < -0.39 is 0 Å². The monoisotopic (exact) mass is 394 g/mol. The van der Waals surface area contributed by atoms with Crippen molar-refractivity contribution in [3.05, 3.63) is 66.1 Å². The number of para-hydroxylation sites is 1. The molecule has 0 saturated heterocycles. The number of nitrogens with one attached hydrogen (secondary N) is 2. The molecule has 0 radical (unpaired) electrons. The van der Waals surface area contributed by atoms with Gasteiger partial charge in [0.1, 0.15) is 35.1 Å². The largest absolute Gasteiger partial charge is 0.497 e. The molecule has 1 aromatic heterocycles. The number of methoxy groups -OCH3 is 3. The van der Waals surface area contributed by atoms with Crippen molar-refractivity contribution in [3.63, 3.8) is 0 Å². The highest BCUT2D eigenvalue weighted by molar-refractivity contribution is 5.93. The van der Waals surface area contributed by atoms with Crippen LogP contribution < -0.4 is 24.8 Å². The second-order valence-electron chi connectivity index (χ2n) is 5.97. The number of ether oxygens (including phenoxy) is 3. The van der Waals surface area contributed by atoms with Crippen molar-refractivity contribution in [1.29, 1.82) is 0 Å². The van der Waals surface area contributed by atoms with Gasteiger partial charge in [0.15, 0.2) is 0 Å². The van der Waals surface area contributed by atoms with Crippen molar-refractivity contribution in [2.75, 3.05) is 26.6 Å². The molecule has 2 N–H and O–H groups in total. The summed E-state index contributed by atoms with van der Waals surface area (Å²) in [6.07, 6.45) is 1.33. The Balaban J connectivity index is 1.71. The number of nitrogens with zero attached hydrogens (tertiary/aromatic N) is 2. The molecule has 0 atom stereocenters. The first-order valence-electron chi connectivity index (χ1n) is 8.85. The molecule has 0 spiro atoms. The summed E-state index contributed by atoms with van der Waals surface area (Å²) in [4.78, 5) is 20.7. The maximum Gasteiger partial charge on any atom is 0.270 e. The number of rotatable bonds is 8. The van der Waals surface area contributed by atoms with E-state index in [1.165, 1.54) is 6.33 Å². The molecule has 1 amide bonds. The van der Waals surface area contributed by atoms with Crippen molar-refractivity contribution < 1.29 is 19.0 Å². The van der Waals surface area contributed by atoms with Gasteiger partial charge >= 0.3 is 0 Å². The second-order valence-corrected chi connectivity index (χ2v) is 5.97. The number of aromatic nitrogens is 2. The summed E-state index contributed by atoms with van der Waals surface area (Å²) in [6, 6.07) is 14.4. The minimum absolute atomic E-state index is 0.241. The standard InChI is InChI=1S/C21H22N4O4/c1-27-15-8-9-16(19(10-15)29-3)25-20-11-17(23-13-24-20)21(26)22-12-14-6-4-5-7-18(14)28-2/h4-11,13H,12H2,1-3H3,(H,22,26)(H,23,24,25). The summed E-state index contributed by atoms with van der Waals surface area (Å²) in [5.41, 5.74) is 1.80. The van der Waals surface area contributed by atoms with Crippen molar-refractivity contribution >= 4 is 17.4 Å². The summed E-state index contributed by atoms with van der Waals surface area (Å²) < 4.78 is 15.9. The average molecular weight is 394 g/mol. The van der Waals surface area contributed by atoms with Crippen LogP contribution in [-0.4, -0.2) is 37.2 Å². The van der Waals surface area contributed by atoms with E-state index in [2.05, 4.69) is 20.6 Å². The van der Waals surface area contributed by atoms with Crippen molar-refractivity contribution in [1.82, 2.24) is 15.3 Å². The van der Waals surface area contributed by atoms with Crippen LogP contribution in [0.15, 0.2) is 54.9 Å². The fourth-order valence-electron chi connectivity index (χ4n) is 2.70. The number of hydrogen-bond donors (Lipinski definition) is 2. The molecule has 2 aromatic carbocycles. The number of amides is 1. The number of carbonyl (C=O) groups is 1. The molecular weight excluding hydrogens is 372 g/mol. The third kappa shape index (κ3) is 4.92. The van der Waals surface area contributed by atoms with Crippen LogP contribution in [0.4, 0.5) is 11.5 Å². The first-order valence-corrected chi connectivity index (χ1v) is 8.85. The minimum Gasteiger partial charge on any atom is -0.497 e. The van der Waals surface area contributed by atoms with Gasteiger partial charge in [-0.25, -0.2) is 9.97 Å². The van der Waals surface area contributed by atoms with Crippen LogP contribution in [0.3, 0.4) is 0 Å². The highest BCUT2D eigenvalue weighted by Crippen LogP contribution is 2.31. The average Bonchev–Trinajstić information content (AvgIpc) is 2.78. The van der Waals surface area contributed by atoms with Gasteiger partial charge in [0, 0.05) is 24.2 Å². The van der Waals surface area contributed by atoms with Gasteiger partial charge in [-0.1, -0.05) is 18.2 Å². The maximum atomic E-state index is 12.5. The Hall–Kier alpha value is -3.81. The minimum atomic E-state index is -0.317. The predicted molar refractivity (Wildman–Crippen MR) is 109 cm³/mol. The normalized spacial score (nSPS) is 10.2. The third-order valence-electron chi connectivity index (χ3n) is 4.20. The Morgan fingerprint density at radius 1 is 0.931 bits per heavy atom. The van der Waals surface area contributed by atoms with E-state index in [0.717, 1.165) is 5.56 Å². The molecule has 0 unspecified atom stereocenters. The Kier molecular flexibility index (Phi) is 6.47. The smallest absolute Gasteiger partial charge is 0.270 e. The molecule has 0 aliphatic carbocycles. The fraction of sp³-hybridized carbons (Fsp3) is 0.190. The Bertz CT molecular complexity index is 994. The molecule has 29 heavy (non-hydrogen) atoms.